The quantitative estimate of drug-likeness (QED) is 0.707. The number of hydrogen-bond acceptors (Lipinski definition) is 3. The molecule has 0 radical (unpaired) electrons. The second kappa shape index (κ2) is 5.99. The van der Waals surface area contributed by atoms with E-state index in [1.807, 2.05) is 11.8 Å². The molecule has 1 N–H and O–H groups in total. The van der Waals surface area contributed by atoms with Crippen LogP contribution in [0, 0.1) is 0 Å². The van der Waals surface area contributed by atoms with Crippen molar-refractivity contribution >= 4 is 11.8 Å². The van der Waals surface area contributed by atoms with Crippen LogP contribution >= 0.6 is 11.8 Å². The molecular weight excluding hydrogens is 194 g/mol. The van der Waals surface area contributed by atoms with E-state index in [2.05, 4.69) is 18.5 Å². The van der Waals surface area contributed by atoms with Crippen molar-refractivity contribution in [2.45, 2.75) is 43.4 Å². The molecule has 0 bridgehead atoms. The fraction of sp³-hybridized carbons (Fsp3) is 1.00. The van der Waals surface area contributed by atoms with Crippen molar-refractivity contribution in [3.63, 3.8) is 0 Å². The van der Waals surface area contributed by atoms with Gasteiger partial charge in [-0.3, -0.25) is 0 Å². The summed E-state index contributed by atoms with van der Waals surface area (Å²) < 4.78 is 5.62. The molecule has 1 rings (SSSR count). The first-order valence-electron chi connectivity index (χ1n) is 5.50. The van der Waals surface area contributed by atoms with E-state index < -0.39 is 0 Å². The first-order chi connectivity index (χ1) is 6.72. The standard InChI is InChI=1S/C11H23NOS/c1-10(5-8-13-2)12-9-11(14-3)6-4-7-11/h10,12H,4-9H2,1-3H3. The molecule has 84 valence electrons. The first kappa shape index (κ1) is 12.3. The van der Waals surface area contributed by atoms with Gasteiger partial charge < -0.3 is 10.1 Å². The van der Waals surface area contributed by atoms with Crippen LogP contribution in [0.1, 0.15) is 32.6 Å². The lowest BCUT2D eigenvalue weighted by Crippen LogP contribution is -2.46. The molecule has 0 aliphatic heterocycles. The smallest absolute Gasteiger partial charge is 0.0476 e. The Hall–Kier alpha value is 0.270. The van der Waals surface area contributed by atoms with Crippen LogP contribution < -0.4 is 5.32 Å². The highest BCUT2D eigenvalue weighted by Crippen LogP contribution is 2.42. The molecule has 1 saturated carbocycles. The van der Waals surface area contributed by atoms with E-state index in [1.165, 1.54) is 25.8 Å². The summed E-state index contributed by atoms with van der Waals surface area (Å²) in [6, 6.07) is 0.583. The van der Waals surface area contributed by atoms with E-state index in [1.54, 1.807) is 7.11 Å². The molecule has 0 saturated heterocycles. The molecule has 0 aromatic rings. The average molecular weight is 217 g/mol. The lowest BCUT2D eigenvalue weighted by molar-refractivity contribution is 0.183. The van der Waals surface area contributed by atoms with Gasteiger partial charge in [-0.25, -0.2) is 0 Å². The molecular formula is C11H23NOS. The monoisotopic (exact) mass is 217 g/mol. The minimum Gasteiger partial charge on any atom is -0.385 e. The first-order valence-corrected chi connectivity index (χ1v) is 6.72. The zero-order valence-electron chi connectivity index (χ0n) is 9.64. The maximum Gasteiger partial charge on any atom is 0.0476 e. The topological polar surface area (TPSA) is 21.3 Å². The Morgan fingerprint density at radius 3 is 2.64 bits per heavy atom. The average Bonchev–Trinajstić information content (AvgIpc) is 2.14. The van der Waals surface area contributed by atoms with Crippen LogP contribution in [0.15, 0.2) is 0 Å². The molecule has 0 aromatic heterocycles. The highest BCUT2D eigenvalue weighted by molar-refractivity contribution is 8.00. The maximum atomic E-state index is 5.07. The van der Waals surface area contributed by atoms with Crippen LogP contribution in [0.2, 0.25) is 0 Å². The summed E-state index contributed by atoms with van der Waals surface area (Å²) in [6.07, 6.45) is 7.53. The number of nitrogens with one attached hydrogen (secondary N) is 1. The fourth-order valence-electron chi connectivity index (χ4n) is 1.78. The van der Waals surface area contributed by atoms with Crippen LogP contribution in [0.5, 0.6) is 0 Å². The summed E-state index contributed by atoms with van der Waals surface area (Å²) in [5.74, 6) is 0. The molecule has 1 atom stereocenters. The molecule has 0 aromatic carbocycles. The van der Waals surface area contributed by atoms with Crippen LogP contribution in [-0.4, -0.2) is 37.3 Å². The highest BCUT2D eigenvalue weighted by atomic mass is 32.2. The van der Waals surface area contributed by atoms with Crippen LogP contribution in [-0.2, 0) is 4.74 Å². The molecule has 1 unspecified atom stereocenters. The van der Waals surface area contributed by atoms with Crippen molar-refractivity contribution in [3.05, 3.63) is 0 Å². The number of rotatable bonds is 7. The van der Waals surface area contributed by atoms with Crippen molar-refractivity contribution in [2.24, 2.45) is 0 Å². The summed E-state index contributed by atoms with van der Waals surface area (Å²) in [6.45, 7) is 4.27. The zero-order valence-corrected chi connectivity index (χ0v) is 10.5. The second-order valence-electron chi connectivity index (χ2n) is 4.30. The van der Waals surface area contributed by atoms with Crippen molar-refractivity contribution in [2.75, 3.05) is 26.5 Å². The molecule has 0 amide bonds. The predicted octanol–water partition coefficient (Wildman–Crippen LogP) is 2.29. The van der Waals surface area contributed by atoms with Gasteiger partial charge in [0.2, 0.25) is 0 Å². The SMILES string of the molecule is COCCC(C)NCC1(SC)CCC1. The molecule has 1 aliphatic carbocycles. The van der Waals surface area contributed by atoms with E-state index >= 15 is 0 Å². The third-order valence-corrected chi connectivity index (χ3v) is 4.64. The highest BCUT2D eigenvalue weighted by Gasteiger charge is 2.35. The Morgan fingerprint density at radius 1 is 1.50 bits per heavy atom. The Kier molecular flexibility index (Phi) is 5.28. The molecule has 0 spiro atoms. The second-order valence-corrected chi connectivity index (χ2v) is 5.58. The number of hydrogen-bond donors (Lipinski definition) is 1. The predicted molar refractivity (Wildman–Crippen MR) is 64.1 cm³/mol. The van der Waals surface area contributed by atoms with Crippen molar-refractivity contribution in [3.8, 4) is 0 Å². The summed E-state index contributed by atoms with van der Waals surface area (Å²) in [7, 11) is 1.77. The molecule has 1 aliphatic rings. The minimum atomic E-state index is 0.557. The van der Waals surface area contributed by atoms with Gasteiger partial charge in [-0.05, 0) is 32.4 Å². The lowest BCUT2D eigenvalue weighted by atomic mass is 9.84. The molecule has 14 heavy (non-hydrogen) atoms. The summed E-state index contributed by atoms with van der Waals surface area (Å²) in [4.78, 5) is 0. The molecule has 3 heteroatoms. The van der Waals surface area contributed by atoms with Gasteiger partial charge in [0.25, 0.3) is 0 Å². The van der Waals surface area contributed by atoms with Gasteiger partial charge >= 0.3 is 0 Å². The van der Waals surface area contributed by atoms with Crippen molar-refractivity contribution in [1.29, 1.82) is 0 Å². The molecule has 2 nitrogen and oxygen atoms in total. The Morgan fingerprint density at radius 2 is 2.21 bits per heavy atom. The van der Waals surface area contributed by atoms with Gasteiger partial charge in [-0.1, -0.05) is 6.42 Å². The van der Waals surface area contributed by atoms with Crippen molar-refractivity contribution in [1.82, 2.24) is 5.32 Å². The zero-order chi connectivity index (χ0) is 10.4. The lowest BCUT2D eigenvalue weighted by Gasteiger charge is -2.41. The fourth-order valence-corrected chi connectivity index (χ4v) is 2.71. The van der Waals surface area contributed by atoms with Crippen LogP contribution in [0.4, 0.5) is 0 Å². The van der Waals surface area contributed by atoms with E-state index in [0.29, 0.717) is 10.8 Å². The Balaban J connectivity index is 2.12. The number of thioether (sulfide) groups is 1. The van der Waals surface area contributed by atoms with Gasteiger partial charge in [0.15, 0.2) is 0 Å². The largest absolute Gasteiger partial charge is 0.385 e. The third-order valence-electron chi connectivity index (χ3n) is 3.23. The van der Waals surface area contributed by atoms with E-state index in [4.69, 9.17) is 4.74 Å². The van der Waals surface area contributed by atoms with E-state index in [-0.39, 0.29) is 0 Å². The maximum absolute atomic E-state index is 5.07. The van der Waals surface area contributed by atoms with Gasteiger partial charge in [0.05, 0.1) is 0 Å². The van der Waals surface area contributed by atoms with Crippen molar-refractivity contribution < 1.29 is 4.74 Å². The van der Waals surface area contributed by atoms with Crippen LogP contribution in [0.3, 0.4) is 0 Å². The number of methoxy groups -OCH3 is 1. The summed E-state index contributed by atoms with van der Waals surface area (Å²) in [5.41, 5.74) is 0. The van der Waals surface area contributed by atoms with Gasteiger partial charge in [0, 0.05) is 31.1 Å². The summed E-state index contributed by atoms with van der Waals surface area (Å²) in [5, 5.41) is 3.61. The normalized spacial score (nSPS) is 21.6. The van der Waals surface area contributed by atoms with Gasteiger partial charge in [-0.2, -0.15) is 11.8 Å². The molecule has 1 fully saturated rings. The Labute approximate surface area is 92.2 Å². The van der Waals surface area contributed by atoms with E-state index in [9.17, 15) is 0 Å². The third kappa shape index (κ3) is 3.44. The molecule has 0 heterocycles. The van der Waals surface area contributed by atoms with Crippen LogP contribution in [0.25, 0.3) is 0 Å². The number of ether oxygens (including phenoxy) is 1. The van der Waals surface area contributed by atoms with Gasteiger partial charge in [-0.15, -0.1) is 0 Å². The van der Waals surface area contributed by atoms with E-state index in [0.717, 1.165) is 13.0 Å². The van der Waals surface area contributed by atoms with Gasteiger partial charge in [0.1, 0.15) is 0 Å². The Bertz CT molecular complexity index is 154. The minimum absolute atomic E-state index is 0.557. The summed E-state index contributed by atoms with van der Waals surface area (Å²) >= 11 is 2.03.